The maximum atomic E-state index is 12.2. The maximum Gasteiger partial charge on any atom is 0.243 e. The molecule has 0 spiro atoms. The molecule has 0 aromatic carbocycles. The second-order valence-corrected chi connectivity index (χ2v) is 4.00. The minimum Gasteiger partial charge on any atom is -0.325 e. The molecule has 0 bridgehead atoms. The minimum atomic E-state index is -0.990. The van der Waals surface area contributed by atoms with Crippen LogP contribution in [0, 0.1) is 17.2 Å². The summed E-state index contributed by atoms with van der Waals surface area (Å²) in [7, 11) is 0. The Balaban J connectivity index is 2.60. The predicted molar refractivity (Wildman–Crippen MR) is 53.6 cm³/mol. The number of carbonyl (C=O) groups is 2. The summed E-state index contributed by atoms with van der Waals surface area (Å²) in [6.45, 7) is 1.15. The molecule has 1 fully saturated rings. The van der Waals surface area contributed by atoms with Crippen LogP contribution in [0.5, 0.6) is 0 Å². The zero-order valence-corrected chi connectivity index (χ0v) is 9.10. The van der Waals surface area contributed by atoms with Crippen molar-refractivity contribution < 1.29 is 14.0 Å². The van der Waals surface area contributed by atoms with Gasteiger partial charge in [-0.05, 0) is 12.3 Å². The van der Waals surface area contributed by atoms with Gasteiger partial charge in [-0.15, -0.1) is 0 Å². The van der Waals surface area contributed by atoms with Crippen molar-refractivity contribution in [3.8, 4) is 6.07 Å². The highest BCUT2D eigenvalue weighted by Gasteiger charge is 2.33. The third-order valence-corrected chi connectivity index (χ3v) is 2.62. The first-order valence-corrected chi connectivity index (χ1v) is 5.06. The molecule has 16 heavy (non-hydrogen) atoms. The number of hydrogen-bond donors (Lipinski definition) is 0. The number of amides is 2. The molecular formula is C10H14FN3O2. The summed E-state index contributed by atoms with van der Waals surface area (Å²) in [5, 5.41) is 8.85. The Kier molecular flexibility index (Phi) is 4.23. The molecule has 2 atom stereocenters. The third-order valence-electron chi connectivity index (χ3n) is 2.62. The van der Waals surface area contributed by atoms with Crippen molar-refractivity contribution >= 4 is 12.3 Å². The lowest BCUT2D eigenvalue weighted by Crippen LogP contribution is -2.42. The van der Waals surface area contributed by atoms with Gasteiger partial charge in [-0.3, -0.25) is 9.59 Å². The Hall–Kier alpha value is -1.64. The van der Waals surface area contributed by atoms with Crippen LogP contribution in [0.2, 0.25) is 0 Å². The molecule has 5 nitrogen and oxygen atoms in total. The van der Waals surface area contributed by atoms with Crippen LogP contribution in [0.3, 0.4) is 0 Å². The van der Waals surface area contributed by atoms with Gasteiger partial charge in [-0.1, -0.05) is 6.92 Å². The molecule has 6 heteroatoms. The van der Waals surface area contributed by atoms with Gasteiger partial charge in [0.25, 0.3) is 0 Å². The van der Waals surface area contributed by atoms with Crippen molar-refractivity contribution in [2.45, 2.75) is 19.4 Å². The van der Waals surface area contributed by atoms with Crippen LogP contribution in [0.25, 0.3) is 0 Å². The van der Waals surface area contributed by atoms with E-state index in [0.717, 1.165) is 4.90 Å². The SMILES string of the molecule is CC1CC(C#N)N(C(=O)CN(C=O)CF)C1. The van der Waals surface area contributed by atoms with E-state index in [1.807, 2.05) is 13.0 Å². The summed E-state index contributed by atoms with van der Waals surface area (Å²) in [6.07, 6.45) is 0.928. The average Bonchev–Trinajstić information content (AvgIpc) is 2.67. The second kappa shape index (κ2) is 5.45. The summed E-state index contributed by atoms with van der Waals surface area (Å²) in [6, 6.07) is 1.59. The number of rotatable bonds is 4. The first kappa shape index (κ1) is 12.4. The largest absolute Gasteiger partial charge is 0.325 e. The topological polar surface area (TPSA) is 64.4 Å². The molecule has 0 N–H and O–H groups in total. The number of alkyl halides is 1. The fraction of sp³-hybridized carbons (Fsp3) is 0.700. The molecule has 0 aromatic rings. The predicted octanol–water partition coefficient (Wildman–Crippen LogP) is 0.132. The Morgan fingerprint density at radius 3 is 2.94 bits per heavy atom. The number of nitrogens with zero attached hydrogens (tertiary/aromatic N) is 3. The van der Waals surface area contributed by atoms with Crippen LogP contribution >= 0.6 is 0 Å². The fourth-order valence-electron chi connectivity index (χ4n) is 1.82. The highest BCUT2D eigenvalue weighted by molar-refractivity contribution is 5.81. The molecule has 0 aliphatic carbocycles. The highest BCUT2D eigenvalue weighted by Crippen LogP contribution is 2.22. The van der Waals surface area contributed by atoms with E-state index in [-0.39, 0.29) is 18.4 Å². The van der Waals surface area contributed by atoms with Gasteiger partial charge in [0, 0.05) is 6.54 Å². The maximum absolute atomic E-state index is 12.2. The fourth-order valence-corrected chi connectivity index (χ4v) is 1.82. The second-order valence-electron chi connectivity index (χ2n) is 4.00. The first-order valence-electron chi connectivity index (χ1n) is 5.06. The third kappa shape index (κ3) is 2.69. The van der Waals surface area contributed by atoms with E-state index in [1.54, 1.807) is 0 Å². The molecule has 0 radical (unpaired) electrons. The van der Waals surface area contributed by atoms with E-state index >= 15 is 0 Å². The van der Waals surface area contributed by atoms with Gasteiger partial charge in [0.15, 0.2) is 6.80 Å². The van der Waals surface area contributed by atoms with Gasteiger partial charge >= 0.3 is 0 Å². The van der Waals surface area contributed by atoms with Crippen LogP contribution in [0.4, 0.5) is 4.39 Å². The number of likely N-dealkylation sites (tertiary alicyclic amines) is 1. The van der Waals surface area contributed by atoms with E-state index in [9.17, 15) is 14.0 Å². The van der Waals surface area contributed by atoms with Crippen molar-refractivity contribution in [3.63, 3.8) is 0 Å². The van der Waals surface area contributed by atoms with Gasteiger partial charge in [0.05, 0.1) is 6.07 Å². The molecule has 1 saturated heterocycles. The molecule has 1 heterocycles. The van der Waals surface area contributed by atoms with Gasteiger partial charge in [-0.25, -0.2) is 4.39 Å². The molecular weight excluding hydrogens is 213 g/mol. The molecule has 2 amide bonds. The molecule has 1 aliphatic heterocycles. The smallest absolute Gasteiger partial charge is 0.243 e. The molecule has 0 aromatic heterocycles. The van der Waals surface area contributed by atoms with Crippen molar-refractivity contribution in [2.24, 2.45) is 5.92 Å². The average molecular weight is 227 g/mol. The normalized spacial score (nSPS) is 23.9. The van der Waals surface area contributed by atoms with Gasteiger partial charge in [0.1, 0.15) is 12.6 Å². The van der Waals surface area contributed by atoms with Crippen LogP contribution in [-0.4, -0.2) is 48.0 Å². The lowest BCUT2D eigenvalue weighted by Gasteiger charge is -2.22. The first-order chi connectivity index (χ1) is 7.62. The molecule has 1 aliphatic rings. The van der Waals surface area contributed by atoms with E-state index in [1.165, 1.54) is 4.90 Å². The van der Waals surface area contributed by atoms with Gasteiger partial charge in [0.2, 0.25) is 12.3 Å². The van der Waals surface area contributed by atoms with Crippen molar-refractivity contribution in [1.29, 1.82) is 5.26 Å². The van der Waals surface area contributed by atoms with E-state index in [4.69, 9.17) is 5.26 Å². The summed E-state index contributed by atoms with van der Waals surface area (Å²) < 4.78 is 12.2. The highest BCUT2D eigenvalue weighted by atomic mass is 19.1. The number of carbonyl (C=O) groups excluding carboxylic acids is 2. The van der Waals surface area contributed by atoms with Crippen molar-refractivity contribution in [2.75, 3.05) is 19.9 Å². The quantitative estimate of drug-likeness (QED) is 0.506. The Morgan fingerprint density at radius 1 is 1.75 bits per heavy atom. The number of hydrogen-bond acceptors (Lipinski definition) is 3. The Morgan fingerprint density at radius 2 is 2.44 bits per heavy atom. The van der Waals surface area contributed by atoms with Crippen LogP contribution in [-0.2, 0) is 9.59 Å². The number of nitriles is 1. The summed E-state index contributed by atoms with van der Waals surface area (Å²) in [5.41, 5.74) is 0. The van der Waals surface area contributed by atoms with Crippen molar-refractivity contribution in [1.82, 2.24) is 9.80 Å². The van der Waals surface area contributed by atoms with Gasteiger partial charge in [-0.2, -0.15) is 5.26 Å². The van der Waals surface area contributed by atoms with Crippen LogP contribution in [0.1, 0.15) is 13.3 Å². The Labute approximate surface area is 93.4 Å². The molecule has 2 unspecified atom stereocenters. The lowest BCUT2D eigenvalue weighted by atomic mass is 10.1. The summed E-state index contributed by atoms with van der Waals surface area (Å²) in [4.78, 5) is 24.2. The van der Waals surface area contributed by atoms with Crippen LogP contribution in [0.15, 0.2) is 0 Å². The molecule has 0 saturated carbocycles. The van der Waals surface area contributed by atoms with E-state index < -0.39 is 12.8 Å². The van der Waals surface area contributed by atoms with E-state index in [2.05, 4.69) is 0 Å². The van der Waals surface area contributed by atoms with Crippen LogP contribution < -0.4 is 0 Å². The molecule has 1 rings (SSSR count). The molecule has 88 valence electrons. The lowest BCUT2D eigenvalue weighted by molar-refractivity contribution is -0.136. The zero-order chi connectivity index (χ0) is 12.1. The minimum absolute atomic E-state index is 0.267. The Bertz CT molecular complexity index is 316. The monoisotopic (exact) mass is 227 g/mol. The van der Waals surface area contributed by atoms with E-state index in [0.29, 0.717) is 19.4 Å². The van der Waals surface area contributed by atoms with Gasteiger partial charge < -0.3 is 9.80 Å². The standard InChI is InChI=1S/C10H14FN3O2/c1-8-2-9(3-12)14(4-8)10(16)5-13(6-11)7-15/h7-9H,2,4-6H2,1H3. The van der Waals surface area contributed by atoms with Crippen molar-refractivity contribution in [3.05, 3.63) is 0 Å². The zero-order valence-electron chi connectivity index (χ0n) is 9.10. The summed E-state index contributed by atoms with van der Waals surface area (Å²) >= 11 is 0. The number of halogens is 1. The summed E-state index contributed by atoms with van der Waals surface area (Å²) in [5.74, 6) is -0.107.